The van der Waals surface area contributed by atoms with Gasteiger partial charge >= 0.3 is 6.09 Å². The normalized spacial score (nSPS) is 15.1. The molecule has 0 aliphatic carbocycles. The Morgan fingerprint density at radius 3 is 2.86 bits per heavy atom. The van der Waals surface area contributed by atoms with Crippen molar-refractivity contribution in [2.24, 2.45) is 7.05 Å². The van der Waals surface area contributed by atoms with E-state index in [2.05, 4.69) is 48.2 Å². The number of amides is 1. The van der Waals surface area contributed by atoms with Crippen molar-refractivity contribution in [3.05, 3.63) is 42.1 Å². The van der Waals surface area contributed by atoms with E-state index in [1.54, 1.807) is 4.90 Å². The van der Waals surface area contributed by atoms with Crippen LogP contribution in [0.3, 0.4) is 0 Å². The summed E-state index contributed by atoms with van der Waals surface area (Å²) in [5, 5.41) is 1.27. The fourth-order valence-corrected chi connectivity index (χ4v) is 2.89. The van der Waals surface area contributed by atoms with Crippen molar-refractivity contribution in [1.82, 2.24) is 9.47 Å². The van der Waals surface area contributed by atoms with Gasteiger partial charge in [0.2, 0.25) is 0 Å². The lowest BCUT2D eigenvalue weighted by molar-refractivity contribution is 0.111. The van der Waals surface area contributed by atoms with Crippen LogP contribution < -0.4 is 0 Å². The summed E-state index contributed by atoms with van der Waals surface area (Å²) in [4.78, 5) is 13.5. The maximum absolute atomic E-state index is 11.7. The number of carbonyl (C=O) groups excluding carboxylic acids is 1. The molecule has 4 nitrogen and oxygen atoms in total. The van der Waals surface area contributed by atoms with Gasteiger partial charge in [0.25, 0.3) is 0 Å². The van der Waals surface area contributed by atoms with Gasteiger partial charge in [0, 0.05) is 42.8 Å². The Morgan fingerprint density at radius 2 is 2.14 bits per heavy atom. The largest absolute Gasteiger partial charge is 0.450 e. The van der Waals surface area contributed by atoms with Crippen molar-refractivity contribution >= 4 is 22.6 Å². The summed E-state index contributed by atoms with van der Waals surface area (Å²) in [6.07, 6.45) is 4.97. The third-order valence-corrected chi connectivity index (χ3v) is 3.98. The van der Waals surface area contributed by atoms with E-state index in [4.69, 9.17) is 4.74 Å². The number of benzene rings is 1. The van der Waals surface area contributed by atoms with E-state index in [1.807, 2.05) is 6.92 Å². The maximum Gasteiger partial charge on any atom is 0.410 e. The molecule has 1 amide bonds. The van der Waals surface area contributed by atoms with Gasteiger partial charge in [-0.05, 0) is 25.0 Å². The van der Waals surface area contributed by atoms with Gasteiger partial charge in [0.05, 0.1) is 6.61 Å². The minimum Gasteiger partial charge on any atom is -0.450 e. The highest BCUT2D eigenvalue weighted by molar-refractivity contribution is 5.93. The van der Waals surface area contributed by atoms with Crippen LogP contribution in [0.4, 0.5) is 4.79 Å². The summed E-state index contributed by atoms with van der Waals surface area (Å²) in [5.74, 6) is 0. The summed E-state index contributed by atoms with van der Waals surface area (Å²) in [5.41, 5.74) is 3.82. The molecule has 0 N–H and O–H groups in total. The predicted octanol–water partition coefficient (Wildman–Crippen LogP) is 3.42. The molecule has 2 aromatic rings. The second kappa shape index (κ2) is 5.64. The fraction of sp³-hybridized carbons (Fsp3) is 0.353. The van der Waals surface area contributed by atoms with Gasteiger partial charge in [-0.3, -0.25) is 0 Å². The van der Waals surface area contributed by atoms with Crippen LogP contribution >= 0.6 is 0 Å². The molecular formula is C17H20N2O2. The molecule has 1 aromatic carbocycles. The van der Waals surface area contributed by atoms with Crippen LogP contribution in [-0.2, 0) is 11.8 Å². The summed E-state index contributed by atoms with van der Waals surface area (Å²) in [6, 6.07) is 8.42. The number of rotatable bonds is 2. The monoisotopic (exact) mass is 284 g/mol. The zero-order valence-electron chi connectivity index (χ0n) is 12.5. The Balaban J connectivity index is 1.86. The average molecular weight is 284 g/mol. The Labute approximate surface area is 124 Å². The minimum atomic E-state index is -0.217. The standard InChI is InChI=1S/C17H20N2O2/c1-3-21-17(20)19-10-8-13(9-11-19)15-12-18(2)16-7-5-4-6-14(15)16/h4-8,12H,3,9-11H2,1-2H3. The molecular weight excluding hydrogens is 264 g/mol. The van der Waals surface area contributed by atoms with E-state index >= 15 is 0 Å². The number of para-hydroxylation sites is 1. The van der Waals surface area contributed by atoms with E-state index < -0.39 is 0 Å². The summed E-state index contributed by atoms with van der Waals surface area (Å²) in [6.45, 7) is 3.60. The van der Waals surface area contributed by atoms with Crippen molar-refractivity contribution in [3.63, 3.8) is 0 Å². The summed E-state index contributed by atoms with van der Waals surface area (Å²) < 4.78 is 7.21. The van der Waals surface area contributed by atoms with Gasteiger partial charge in [-0.15, -0.1) is 0 Å². The molecule has 0 spiro atoms. The number of carbonyl (C=O) groups is 1. The van der Waals surface area contributed by atoms with Crippen LogP contribution in [0.25, 0.3) is 16.5 Å². The molecule has 0 saturated heterocycles. The van der Waals surface area contributed by atoms with Gasteiger partial charge in [0.15, 0.2) is 0 Å². The topological polar surface area (TPSA) is 34.5 Å². The zero-order valence-corrected chi connectivity index (χ0v) is 12.5. The van der Waals surface area contributed by atoms with E-state index in [0.29, 0.717) is 19.7 Å². The van der Waals surface area contributed by atoms with Crippen molar-refractivity contribution in [2.75, 3.05) is 19.7 Å². The molecule has 1 aliphatic heterocycles. The van der Waals surface area contributed by atoms with Gasteiger partial charge in [0.1, 0.15) is 0 Å². The molecule has 0 fully saturated rings. The second-order valence-corrected chi connectivity index (χ2v) is 5.30. The number of aromatic nitrogens is 1. The van der Waals surface area contributed by atoms with Crippen molar-refractivity contribution in [1.29, 1.82) is 0 Å². The van der Waals surface area contributed by atoms with Crippen LogP contribution in [0.15, 0.2) is 36.5 Å². The lowest BCUT2D eigenvalue weighted by Crippen LogP contribution is -2.35. The number of aryl methyl sites for hydroxylation is 1. The van der Waals surface area contributed by atoms with Crippen LogP contribution in [-0.4, -0.2) is 35.3 Å². The Bertz CT molecular complexity index is 700. The minimum absolute atomic E-state index is 0.217. The molecule has 0 saturated carbocycles. The molecule has 0 bridgehead atoms. The van der Waals surface area contributed by atoms with Crippen molar-refractivity contribution in [2.45, 2.75) is 13.3 Å². The molecule has 0 unspecified atom stereocenters. The highest BCUT2D eigenvalue weighted by atomic mass is 16.6. The van der Waals surface area contributed by atoms with E-state index in [-0.39, 0.29) is 6.09 Å². The first-order valence-corrected chi connectivity index (χ1v) is 7.36. The van der Waals surface area contributed by atoms with Gasteiger partial charge in [-0.1, -0.05) is 24.3 Å². The third kappa shape index (κ3) is 2.53. The lowest BCUT2D eigenvalue weighted by atomic mass is 9.99. The maximum atomic E-state index is 11.7. The van der Waals surface area contributed by atoms with E-state index in [1.165, 1.54) is 22.0 Å². The number of hydrogen-bond donors (Lipinski definition) is 0. The molecule has 0 radical (unpaired) electrons. The average Bonchev–Trinajstić information content (AvgIpc) is 2.85. The first-order valence-electron chi connectivity index (χ1n) is 7.36. The first kappa shape index (κ1) is 13.7. The molecule has 1 aromatic heterocycles. The SMILES string of the molecule is CCOC(=O)N1CC=C(c2cn(C)c3ccccc23)CC1. The third-order valence-electron chi connectivity index (χ3n) is 3.98. The summed E-state index contributed by atoms with van der Waals surface area (Å²) >= 11 is 0. The quantitative estimate of drug-likeness (QED) is 0.847. The van der Waals surface area contributed by atoms with Gasteiger partial charge in [-0.2, -0.15) is 0 Å². The highest BCUT2D eigenvalue weighted by Crippen LogP contribution is 2.30. The molecule has 21 heavy (non-hydrogen) atoms. The number of nitrogens with zero attached hydrogens (tertiary/aromatic N) is 2. The van der Waals surface area contributed by atoms with Crippen LogP contribution in [0.1, 0.15) is 18.9 Å². The smallest absolute Gasteiger partial charge is 0.410 e. The Morgan fingerprint density at radius 1 is 1.33 bits per heavy atom. The molecule has 2 heterocycles. The molecule has 110 valence electrons. The van der Waals surface area contributed by atoms with Crippen LogP contribution in [0, 0.1) is 0 Å². The van der Waals surface area contributed by atoms with Crippen LogP contribution in [0.2, 0.25) is 0 Å². The van der Waals surface area contributed by atoms with E-state index in [9.17, 15) is 4.79 Å². The Hall–Kier alpha value is -2.23. The fourth-order valence-electron chi connectivity index (χ4n) is 2.89. The van der Waals surface area contributed by atoms with E-state index in [0.717, 1.165) is 6.42 Å². The zero-order chi connectivity index (χ0) is 14.8. The van der Waals surface area contributed by atoms with Crippen molar-refractivity contribution in [3.8, 4) is 0 Å². The number of fused-ring (bicyclic) bond motifs is 1. The summed E-state index contributed by atoms with van der Waals surface area (Å²) in [7, 11) is 2.07. The molecule has 1 aliphatic rings. The Kier molecular flexibility index (Phi) is 3.69. The molecule has 0 atom stereocenters. The van der Waals surface area contributed by atoms with Gasteiger partial charge in [-0.25, -0.2) is 4.79 Å². The predicted molar refractivity (Wildman–Crippen MR) is 84.1 cm³/mol. The lowest BCUT2D eigenvalue weighted by Gasteiger charge is -2.25. The number of hydrogen-bond acceptors (Lipinski definition) is 2. The molecule has 3 rings (SSSR count). The molecule has 4 heteroatoms. The van der Waals surface area contributed by atoms with Gasteiger partial charge < -0.3 is 14.2 Å². The second-order valence-electron chi connectivity index (χ2n) is 5.30. The van der Waals surface area contributed by atoms with Crippen LogP contribution in [0.5, 0.6) is 0 Å². The first-order chi connectivity index (χ1) is 10.2. The number of ether oxygens (including phenoxy) is 1. The highest BCUT2D eigenvalue weighted by Gasteiger charge is 2.20. The van der Waals surface area contributed by atoms with Crippen molar-refractivity contribution < 1.29 is 9.53 Å².